The van der Waals surface area contributed by atoms with Crippen molar-refractivity contribution in [2.45, 2.75) is 70.1 Å². The second-order valence-electron chi connectivity index (χ2n) is 10.3. The molecule has 42 heavy (non-hydrogen) atoms. The number of carboxylic acids is 1. The van der Waals surface area contributed by atoms with Gasteiger partial charge in [0.15, 0.2) is 5.96 Å². The van der Waals surface area contributed by atoms with Gasteiger partial charge in [-0.1, -0.05) is 80.9 Å². The zero-order chi connectivity index (χ0) is 31.1. The van der Waals surface area contributed by atoms with E-state index in [1.165, 1.54) is 0 Å². The molecule has 5 atom stereocenters. The average Bonchev–Trinajstić information content (AvgIpc) is 2.97. The maximum atomic E-state index is 13.5. The molecule has 0 saturated carbocycles. The lowest BCUT2D eigenvalue weighted by Gasteiger charge is -2.28. The van der Waals surface area contributed by atoms with Crippen molar-refractivity contribution in [3.05, 3.63) is 71.8 Å². The highest BCUT2D eigenvalue weighted by Gasteiger charge is 2.32. The van der Waals surface area contributed by atoms with Crippen LogP contribution in [0.4, 0.5) is 0 Å². The number of carboxylic acid groups (broad SMARTS) is 1. The molecule has 2 aromatic carbocycles. The average molecular weight is 582 g/mol. The molecule has 2 aromatic rings. The van der Waals surface area contributed by atoms with E-state index in [-0.39, 0.29) is 37.7 Å². The Hall–Kier alpha value is -4.45. The van der Waals surface area contributed by atoms with Gasteiger partial charge in [-0.05, 0) is 36.3 Å². The zero-order valence-electron chi connectivity index (χ0n) is 24.2. The summed E-state index contributed by atoms with van der Waals surface area (Å²) in [7, 11) is 0. The van der Waals surface area contributed by atoms with E-state index in [1.807, 2.05) is 37.3 Å². The molecule has 2 rings (SSSR count). The minimum absolute atomic E-state index is 0.0570. The first kappa shape index (κ1) is 33.8. The molecule has 0 spiro atoms. The summed E-state index contributed by atoms with van der Waals surface area (Å²) < 4.78 is 0. The molecule has 0 fully saturated rings. The largest absolute Gasteiger partial charge is 0.480 e. The number of hydrogen-bond donors (Lipinski definition) is 7. The van der Waals surface area contributed by atoms with Crippen LogP contribution in [0.3, 0.4) is 0 Å². The van der Waals surface area contributed by atoms with Crippen LogP contribution in [-0.4, -0.2) is 65.5 Å². The lowest BCUT2D eigenvalue weighted by atomic mass is 9.96. The molecule has 0 bridgehead atoms. The van der Waals surface area contributed by atoms with Crippen LogP contribution in [0.15, 0.2) is 65.7 Å². The fraction of sp³-hybridized carbons (Fsp3) is 0.433. The quantitative estimate of drug-likeness (QED) is 0.0788. The molecule has 10 N–H and O–H groups in total. The number of amides is 3. The summed E-state index contributed by atoms with van der Waals surface area (Å²) in [6.45, 7) is 3.89. The molecule has 3 amide bonds. The summed E-state index contributed by atoms with van der Waals surface area (Å²) in [6.07, 6.45) is 1.36. The molecule has 0 aromatic heterocycles. The third-order valence-electron chi connectivity index (χ3n) is 6.90. The number of nitrogens with two attached hydrogens (primary N) is 3. The number of hydrogen-bond acceptors (Lipinski definition) is 6. The number of rotatable bonds is 17. The van der Waals surface area contributed by atoms with Crippen LogP contribution in [0, 0.1) is 5.92 Å². The number of nitrogens with zero attached hydrogens (tertiary/aromatic N) is 1. The fourth-order valence-electron chi connectivity index (χ4n) is 4.28. The molecule has 5 unspecified atom stereocenters. The highest BCUT2D eigenvalue weighted by molar-refractivity contribution is 5.94. The molecule has 228 valence electrons. The van der Waals surface area contributed by atoms with Crippen LogP contribution in [0.1, 0.15) is 44.2 Å². The molecule has 0 aliphatic carbocycles. The highest BCUT2D eigenvalue weighted by Crippen LogP contribution is 2.11. The Kier molecular flexibility index (Phi) is 14.0. The van der Waals surface area contributed by atoms with Crippen LogP contribution >= 0.6 is 0 Å². The standard InChI is InChI=1S/C30H43N7O5/c1-3-19(2)25(37-26(38)22(31)17-20-11-6-4-7-12-20)28(40)35-23(15-10-16-34-30(32)33)27(39)36-24(29(41)42)18-21-13-8-5-9-14-21/h4-9,11-14,19,22-25H,3,10,15-18,31H2,1-2H3,(H,35,40)(H,36,39)(H,37,38)(H,41,42)(H4,32,33,34). The summed E-state index contributed by atoms with van der Waals surface area (Å²) >= 11 is 0. The van der Waals surface area contributed by atoms with Crippen molar-refractivity contribution in [1.29, 1.82) is 0 Å². The SMILES string of the molecule is CCC(C)C(NC(=O)C(N)Cc1ccccc1)C(=O)NC(CCCN=C(N)N)C(=O)NC(Cc1ccccc1)C(=O)O. The molecular weight excluding hydrogens is 538 g/mol. The Labute approximate surface area is 246 Å². The van der Waals surface area contributed by atoms with Crippen molar-refractivity contribution in [1.82, 2.24) is 16.0 Å². The first-order valence-corrected chi connectivity index (χ1v) is 14.0. The predicted octanol–water partition coefficient (Wildman–Crippen LogP) is 0.438. The normalized spacial score (nSPS) is 14.4. The van der Waals surface area contributed by atoms with Crippen LogP contribution in [0.5, 0.6) is 0 Å². The van der Waals surface area contributed by atoms with E-state index in [2.05, 4.69) is 20.9 Å². The van der Waals surface area contributed by atoms with Crippen LogP contribution in [0.2, 0.25) is 0 Å². The van der Waals surface area contributed by atoms with E-state index in [1.54, 1.807) is 37.3 Å². The molecule has 12 heteroatoms. The topological polar surface area (TPSA) is 215 Å². The Morgan fingerprint density at radius 3 is 1.88 bits per heavy atom. The maximum absolute atomic E-state index is 13.5. The lowest BCUT2D eigenvalue weighted by molar-refractivity contribution is -0.142. The number of guanidine groups is 1. The monoisotopic (exact) mass is 581 g/mol. The van der Waals surface area contributed by atoms with E-state index in [0.29, 0.717) is 12.8 Å². The van der Waals surface area contributed by atoms with Gasteiger partial charge in [0.05, 0.1) is 6.04 Å². The molecule has 0 heterocycles. The summed E-state index contributed by atoms with van der Waals surface area (Å²) in [6, 6.07) is 14.0. The van der Waals surface area contributed by atoms with Gasteiger partial charge in [0, 0.05) is 13.0 Å². The number of nitrogens with one attached hydrogen (secondary N) is 3. The first-order valence-electron chi connectivity index (χ1n) is 14.0. The Morgan fingerprint density at radius 1 is 0.810 bits per heavy atom. The molecule has 0 saturated heterocycles. The maximum Gasteiger partial charge on any atom is 0.326 e. The second kappa shape index (κ2) is 17.4. The van der Waals surface area contributed by atoms with Crippen molar-refractivity contribution in [2.24, 2.45) is 28.1 Å². The van der Waals surface area contributed by atoms with Crippen molar-refractivity contribution in [3.63, 3.8) is 0 Å². The smallest absolute Gasteiger partial charge is 0.326 e. The van der Waals surface area contributed by atoms with E-state index in [4.69, 9.17) is 17.2 Å². The molecular formula is C30H43N7O5. The van der Waals surface area contributed by atoms with Crippen LogP contribution in [-0.2, 0) is 32.0 Å². The van der Waals surface area contributed by atoms with E-state index >= 15 is 0 Å². The van der Waals surface area contributed by atoms with Crippen molar-refractivity contribution in [2.75, 3.05) is 6.54 Å². The number of benzene rings is 2. The van der Waals surface area contributed by atoms with E-state index in [0.717, 1.165) is 11.1 Å². The second-order valence-corrected chi connectivity index (χ2v) is 10.3. The molecule has 12 nitrogen and oxygen atoms in total. The summed E-state index contributed by atoms with van der Waals surface area (Å²) in [4.78, 5) is 55.7. The number of carbonyl (C=O) groups is 4. The van der Waals surface area contributed by atoms with Gasteiger partial charge in [0.1, 0.15) is 18.1 Å². The van der Waals surface area contributed by atoms with Gasteiger partial charge in [-0.3, -0.25) is 19.4 Å². The Balaban J connectivity index is 2.18. The zero-order valence-corrected chi connectivity index (χ0v) is 24.2. The third kappa shape index (κ3) is 11.6. The number of aliphatic carboxylic acids is 1. The minimum Gasteiger partial charge on any atom is -0.480 e. The third-order valence-corrected chi connectivity index (χ3v) is 6.90. The summed E-state index contributed by atoms with van der Waals surface area (Å²) in [5, 5.41) is 17.8. The summed E-state index contributed by atoms with van der Waals surface area (Å²) in [5.41, 5.74) is 18.5. The van der Waals surface area contributed by atoms with Gasteiger partial charge in [-0.15, -0.1) is 0 Å². The molecule has 0 aliphatic rings. The molecule has 0 aliphatic heterocycles. The van der Waals surface area contributed by atoms with Crippen LogP contribution < -0.4 is 33.2 Å². The van der Waals surface area contributed by atoms with Crippen molar-refractivity contribution in [3.8, 4) is 0 Å². The number of carbonyl (C=O) groups excluding carboxylic acids is 3. The number of aliphatic imine (C=N–C) groups is 1. The van der Waals surface area contributed by atoms with Gasteiger partial charge < -0.3 is 38.3 Å². The van der Waals surface area contributed by atoms with Gasteiger partial charge >= 0.3 is 5.97 Å². The first-order chi connectivity index (χ1) is 20.0. The Bertz CT molecular complexity index is 1190. The minimum atomic E-state index is -1.22. The van der Waals surface area contributed by atoms with E-state index in [9.17, 15) is 24.3 Å². The highest BCUT2D eigenvalue weighted by atomic mass is 16.4. The van der Waals surface area contributed by atoms with Crippen molar-refractivity contribution >= 4 is 29.7 Å². The van der Waals surface area contributed by atoms with E-state index < -0.39 is 47.9 Å². The van der Waals surface area contributed by atoms with Gasteiger partial charge in [0.25, 0.3) is 0 Å². The van der Waals surface area contributed by atoms with Crippen LogP contribution in [0.25, 0.3) is 0 Å². The summed E-state index contributed by atoms with van der Waals surface area (Å²) in [5.74, 6) is -3.36. The van der Waals surface area contributed by atoms with Gasteiger partial charge in [-0.25, -0.2) is 4.79 Å². The lowest BCUT2D eigenvalue weighted by Crippen LogP contribution is -2.59. The van der Waals surface area contributed by atoms with Gasteiger partial charge in [-0.2, -0.15) is 0 Å². The van der Waals surface area contributed by atoms with Gasteiger partial charge in [0.2, 0.25) is 17.7 Å². The fourth-order valence-corrected chi connectivity index (χ4v) is 4.28. The Morgan fingerprint density at radius 2 is 1.36 bits per heavy atom. The predicted molar refractivity (Wildman–Crippen MR) is 161 cm³/mol. The molecule has 0 radical (unpaired) electrons. The van der Waals surface area contributed by atoms with Crippen molar-refractivity contribution < 1.29 is 24.3 Å².